The maximum atomic E-state index is 12.5. The van der Waals surface area contributed by atoms with Crippen LogP contribution in [0.4, 0.5) is 26.3 Å². The zero-order chi connectivity index (χ0) is 34.5. The second-order valence-corrected chi connectivity index (χ2v) is 11.0. The Labute approximate surface area is 262 Å². The minimum atomic E-state index is -4.83. The van der Waals surface area contributed by atoms with Crippen molar-refractivity contribution in [3.05, 3.63) is 44.1 Å². The first-order chi connectivity index (χ1) is 20.5. The molecular formula is C24H34F6N4O7S3. The SMILES string of the molecule is C=CSCC.CCSc1nc(C(F)(F)F)c(O)c(=O)[nH]1.CCSc1nc(C(F)(F)F)c(OC)c(=O)[nH]1.COCC(=O)COC. The summed E-state index contributed by atoms with van der Waals surface area (Å²) in [5.41, 5.74) is -4.97. The van der Waals surface area contributed by atoms with E-state index in [1.54, 1.807) is 25.6 Å². The highest BCUT2D eigenvalue weighted by Gasteiger charge is 2.39. The summed E-state index contributed by atoms with van der Waals surface area (Å²) in [4.78, 5) is 43.3. The van der Waals surface area contributed by atoms with Gasteiger partial charge in [0.05, 0.1) is 7.11 Å². The first-order valence-electron chi connectivity index (χ1n) is 12.1. The summed E-state index contributed by atoms with van der Waals surface area (Å²) in [6, 6.07) is 0. The molecule has 0 aliphatic carbocycles. The summed E-state index contributed by atoms with van der Waals surface area (Å²) in [5.74, 6) is -0.132. The van der Waals surface area contributed by atoms with Gasteiger partial charge in [-0.3, -0.25) is 24.4 Å². The highest BCUT2D eigenvalue weighted by Crippen LogP contribution is 2.34. The lowest BCUT2D eigenvalue weighted by Gasteiger charge is -2.10. The topological polar surface area (TPSA) is 156 Å². The molecule has 0 spiro atoms. The van der Waals surface area contributed by atoms with E-state index in [1.165, 1.54) is 14.2 Å². The van der Waals surface area contributed by atoms with E-state index in [2.05, 4.69) is 42.7 Å². The van der Waals surface area contributed by atoms with Crippen LogP contribution < -0.4 is 15.9 Å². The zero-order valence-corrected chi connectivity index (χ0v) is 27.1. The predicted molar refractivity (Wildman–Crippen MR) is 158 cm³/mol. The highest BCUT2D eigenvalue weighted by molar-refractivity contribution is 8.02. The van der Waals surface area contributed by atoms with Crippen LogP contribution in [0.1, 0.15) is 32.2 Å². The average Bonchev–Trinajstić information content (AvgIpc) is 2.91. The van der Waals surface area contributed by atoms with Crippen molar-refractivity contribution < 1.29 is 50.5 Å². The summed E-state index contributed by atoms with van der Waals surface area (Å²) in [6.07, 6.45) is -9.54. The number of alkyl halides is 6. The Morgan fingerprint density at radius 2 is 1.27 bits per heavy atom. The molecule has 0 aromatic carbocycles. The first-order valence-corrected chi connectivity index (χ1v) is 15.1. The van der Waals surface area contributed by atoms with Gasteiger partial charge in [0, 0.05) is 14.2 Å². The van der Waals surface area contributed by atoms with Crippen LogP contribution in [0.25, 0.3) is 0 Å². The number of ether oxygens (including phenoxy) is 3. The molecule has 2 aromatic heterocycles. The molecule has 0 amide bonds. The number of aromatic nitrogens is 4. The highest BCUT2D eigenvalue weighted by atomic mass is 32.2. The van der Waals surface area contributed by atoms with Crippen LogP contribution in [-0.2, 0) is 26.6 Å². The van der Waals surface area contributed by atoms with Crippen molar-refractivity contribution in [1.29, 1.82) is 0 Å². The Hall–Kier alpha value is -2.68. The molecule has 0 fully saturated rings. The number of hydrogen-bond acceptors (Lipinski definition) is 12. The van der Waals surface area contributed by atoms with Gasteiger partial charge in [-0.1, -0.05) is 50.9 Å². The third-order valence-electron chi connectivity index (χ3n) is 3.93. The average molecular weight is 701 g/mol. The fourth-order valence-electron chi connectivity index (χ4n) is 2.36. The Bertz CT molecular complexity index is 1250. The van der Waals surface area contributed by atoms with Crippen LogP contribution >= 0.6 is 35.3 Å². The molecule has 20 heteroatoms. The summed E-state index contributed by atoms with van der Waals surface area (Å²) in [5, 5.41) is 10.5. The molecule has 0 radical (unpaired) electrons. The van der Waals surface area contributed by atoms with Crippen LogP contribution in [0.2, 0.25) is 0 Å². The smallest absolute Gasteiger partial charge is 0.437 e. The Morgan fingerprint density at radius 3 is 1.59 bits per heavy atom. The van der Waals surface area contributed by atoms with Gasteiger partial charge in [0.1, 0.15) is 13.2 Å². The van der Waals surface area contributed by atoms with Gasteiger partial charge in [0.15, 0.2) is 27.5 Å². The summed E-state index contributed by atoms with van der Waals surface area (Å²) >= 11 is 3.69. The number of carbonyl (C=O) groups excluding carboxylic acids is 1. The number of ketones is 1. The van der Waals surface area contributed by atoms with Gasteiger partial charge in [0.2, 0.25) is 11.5 Å². The van der Waals surface area contributed by atoms with E-state index in [9.17, 15) is 40.7 Å². The van der Waals surface area contributed by atoms with E-state index in [-0.39, 0.29) is 29.3 Å². The molecule has 252 valence electrons. The van der Waals surface area contributed by atoms with Crippen molar-refractivity contribution in [2.75, 3.05) is 51.8 Å². The van der Waals surface area contributed by atoms with Crippen molar-refractivity contribution in [2.45, 2.75) is 43.4 Å². The number of H-pyrrole nitrogens is 2. The maximum Gasteiger partial charge on any atom is 0.437 e. The summed E-state index contributed by atoms with van der Waals surface area (Å²) < 4.78 is 87.8. The normalized spacial score (nSPS) is 10.7. The van der Waals surface area contributed by atoms with Gasteiger partial charge in [-0.2, -0.15) is 26.3 Å². The maximum absolute atomic E-state index is 12.5. The fraction of sp³-hybridized carbons (Fsp3) is 0.542. The number of thioether (sulfide) groups is 3. The number of hydrogen-bond donors (Lipinski definition) is 3. The molecule has 3 N–H and O–H groups in total. The number of Topliss-reactive ketones (excluding diaryl/α,β-unsaturated/α-hetero) is 1. The standard InChI is InChI=1S/C8H9F3N2O2S.C7H7F3N2O2S.C5H10O3.C4H8S/c1-3-16-7-12-5(8(9,10)11)4(15-2)6(14)13-7;1-2-15-6-11-4(7(8,9)10)3(13)5(14)12-6;1-7-3-5(6)4-8-2;1-3-5-4-2/h3H2,1-2H3,(H,12,13,14);13H,2H2,1H3,(H,11,12,14);3-4H2,1-2H3;3H,1,4H2,2H3. The van der Waals surface area contributed by atoms with E-state index in [1.807, 2.05) is 10.4 Å². The number of halogens is 6. The van der Waals surface area contributed by atoms with Crippen molar-refractivity contribution in [3.63, 3.8) is 0 Å². The molecule has 0 aliphatic rings. The van der Waals surface area contributed by atoms with E-state index >= 15 is 0 Å². The lowest BCUT2D eigenvalue weighted by Crippen LogP contribution is -2.20. The number of nitrogens with zero attached hydrogens (tertiary/aromatic N) is 2. The molecule has 2 rings (SSSR count). The third-order valence-corrected chi connectivity index (χ3v) is 6.01. The van der Waals surface area contributed by atoms with Gasteiger partial charge in [-0.15, -0.1) is 11.8 Å². The van der Waals surface area contributed by atoms with Gasteiger partial charge < -0.3 is 19.3 Å². The largest absolute Gasteiger partial charge is 0.502 e. The minimum absolute atomic E-state index is 0.0324. The molecule has 0 aliphatic heterocycles. The number of methoxy groups -OCH3 is 3. The van der Waals surface area contributed by atoms with E-state index in [0.717, 1.165) is 36.4 Å². The monoisotopic (exact) mass is 700 g/mol. The van der Waals surface area contributed by atoms with Crippen LogP contribution in [0.3, 0.4) is 0 Å². The van der Waals surface area contributed by atoms with E-state index < -0.39 is 46.4 Å². The molecule has 0 bridgehead atoms. The quantitative estimate of drug-likeness (QED) is 0.159. The molecule has 2 heterocycles. The Kier molecular flexibility index (Phi) is 22.5. The van der Waals surface area contributed by atoms with E-state index in [4.69, 9.17) is 5.11 Å². The van der Waals surface area contributed by atoms with E-state index in [0.29, 0.717) is 11.5 Å². The molecular weight excluding hydrogens is 666 g/mol. The lowest BCUT2D eigenvalue weighted by molar-refractivity contribution is -0.143. The fourth-order valence-corrected chi connectivity index (χ4v) is 3.78. The van der Waals surface area contributed by atoms with Gasteiger partial charge in [-0.05, 0) is 22.7 Å². The summed E-state index contributed by atoms with van der Waals surface area (Å²) in [7, 11) is 3.95. The van der Waals surface area contributed by atoms with Crippen molar-refractivity contribution in [1.82, 2.24) is 19.9 Å². The van der Waals surface area contributed by atoms with Crippen molar-refractivity contribution in [3.8, 4) is 11.5 Å². The van der Waals surface area contributed by atoms with Crippen LogP contribution in [0.15, 0.2) is 31.9 Å². The molecule has 44 heavy (non-hydrogen) atoms. The van der Waals surface area contributed by atoms with Gasteiger partial charge in [0.25, 0.3) is 11.1 Å². The zero-order valence-electron chi connectivity index (χ0n) is 24.6. The molecule has 0 unspecified atom stereocenters. The Balaban J connectivity index is 0. The van der Waals surface area contributed by atoms with Gasteiger partial charge in [-0.25, -0.2) is 9.97 Å². The number of nitrogens with one attached hydrogen (secondary N) is 2. The van der Waals surface area contributed by atoms with Crippen molar-refractivity contribution in [2.24, 2.45) is 0 Å². The minimum Gasteiger partial charge on any atom is -0.502 e. The third kappa shape index (κ3) is 17.6. The van der Waals surface area contributed by atoms with Crippen LogP contribution in [0.5, 0.6) is 11.5 Å². The number of rotatable bonds is 11. The molecule has 11 nitrogen and oxygen atoms in total. The summed E-state index contributed by atoms with van der Waals surface area (Å²) in [6.45, 7) is 9.35. The second kappa shape index (κ2) is 22.8. The Morgan fingerprint density at radius 1 is 0.841 bits per heavy atom. The van der Waals surface area contributed by atoms with Crippen molar-refractivity contribution >= 4 is 41.1 Å². The number of carbonyl (C=O) groups is 1. The molecule has 0 atom stereocenters. The predicted octanol–water partition coefficient (Wildman–Crippen LogP) is 5.25. The molecule has 2 aromatic rings. The lowest BCUT2D eigenvalue weighted by atomic mass is 10.3. The molecule has 0 saturated heterocycles. The van der Waals surface area contributed by atoms with Crippen LogP contribution in [0, 0.1) is 0 Å². The molecule has 0 saturated carbocycles. The number of aromatic amines is 2. The number of aromatic hydroxyl groups is 1. The first kappa shape index (κ1) is 43.4. The second-order valence-electron chi connectivity index (χ2n) is 7.21. The van der Waals surface area contributed by atoms with Crippen LogP contribution in [-0.4, -0.2) is 82.6 Å². The van der Waals surface area contributed by atoms with Gasteiger partial charge >= 0.3 is 12.4 Å².